The average Bonchev–Trinajstić information content (AvgIpc) is 2.88. The summed E-state index contributed by atoms with van der Waals surface area (Å²) in [4.78, 5) is 4.55. The summed E-state index contributed by atoms with van der Waals surface area (Å²) in [5.41, 5.74) is 7.60. The van der Waals surface area contributed by atoms with Gasteiger partial charge in [-0.05, 0) is 106 Å². The first kappa shape index (κ1) is 27.0. The van der Waals surface area contributed by atoms with Crippen molar-refractivity contribution in [2.45, 2.75) is 57.5 Å². The Morgan fingerprint density at radius 1 is 0.946 bits per heavy atom. The maximum absolute atomic E-state index is 9.98. The zero-order valence-corrected chi connectivity index (χ0v) is 23.0. The quantitative estimate of drug-likeness (QED) is 0.380. The van der Waals surface area contributed by atoms with Crippen LogP contribution in [0.2, 0.25) is 0 Å². The van der Waals surface area contributed by atoms with Crippen molar-refractivity contribution in [3.05, 3.63) is 88.5 Å². The highest BCUT2D eigenvalue weighted by Gasteiger charge is 2.25. The molecule has 0 amide bonds. The summed E-state index contributed by atoms with van der Waals surface area (Å²) in [6.45, 7) is 5.88. The van der Waals surface area contributed by atoms with Gasteiger partial charge in [-0.2, -0.15) is 0 Å². The molecule has 4 rings (SSSR count). The first-order valence-electron chi connectivity index (χ1n) is 13.3. The molecule has 37 heavy (non-hydrogen) atoms. The second-order valence-corrected chi connectivity index (χ2v) is 11.2. The van der Waals surface area contributed by atoms with Crippen LogP contribution < -0.4 is 9.64 Å². The number of hydrogen-bond donors (Lipinski definition) is 2. The highest BCUT2D eigenvalue weighted by atomic mass is 16.5. The molecule has 0 heterocycles. The molecule has 5 heteroatoms. The number of hydrogen-bond acceptors (Lipinski definition) is 5. The smallest absolute Gasteiger partial charge is 0.120 e. The van der Waals surface area contributed by atoms with Crippen molar-refractivity contribution in [1.29, 1.82) is 0 Å². The summed E-state index contributed by atoms with van der Waals surface area (Å²) in [6.07, 6.45) is 3.91. The molecule has 0 fully saturated rings. The summed E-state index contributed by atoms with van der Waals surface area (Å²) >= 11 is 0. The number of nitrogens with zero attached hydrogens (tertiary/aromatic N) is 2. The van der Waals surface area contributed by atoms with Gasteiger partial charge in [-0.25, -0.2) is 0 Å². The number of ether oxygens (including phenoxy) is 1. The van der Waals surface area contributed by atoms with Gasteiger partial charge in [0.2, 0.25) is 0 Å². The van der Waals surface area contributed by atoms with Crippen LogP contribution in [0.5, 0.6) is 11.5 Å². The fraction of sp³-hybridized carbons (Fsp3) is 0.438. The second-order valence-electron chi connectivity index (χ2n) is 11.2. The van der Waals surface area contributed by atoms with E-state index in [1.807, 2.05) is 12.1 Å². The molecule has 1 atom stereocenters. The minimum atomic E-state index is 0.0819. The highest BCUT2D eigenvalue weighted by Crippen LogP contribution is 2.40. The fourth-order valence-corrected chi connectivity index (χ4v) is 5.32. The molecule has 1 aliphatic rings. The van der Waals surface area contributed by atoms with Crippen LogP contribution in [0.4, 0.5) is 5.69 Å². The summed E-state index contributed by atoms with van der Waals surface area (Å²) < 4.78 is 5.61. The number of aryl methyl sites for hydroxylation is 1. The van der Waals surface area contributed by atoms with E-state index in [0.29, 0.717) is 18.2 Å². The van der Waals surface area contributed by atoms with Gasteiger partial charge in [0.15, 0.2) is 0 Å². The number of aliphatic hydroxyl groups is 1. The van der Waals surface area contributed by atoms with E-state index in [1.54, 1.807) is 13.2 Å². The van der Waals surface area contributed by atoms with Gasteiger partial charge in [-0.3, -0.25) is 0 Å². The van der Waals surface area contributed by atoms with Crippen molar-refractivity contribution in [3.8, 4) is 11.5 Å². The van der Waals surface area contributed by atoms with E-state index in [0.717, 1.165) is 43.7 Å². The molecule has 198 valence electrons. The molecule has 0 aromatic heterocycles. The molecular formula is C32H42N2O3. The number of likely N-dealkylation sites (N-methyl/N-ethyl adjacent to an activating group) is 1. The molecule has 0 radical (unpaired) electrons. The van der Waals surface area contributed by atoms with Gasteiger partial charge in [0.05, 0.1) is 13.7 Å². The molecule has 2 N–H and O–H groups in total. The SMILES string of the molecule is COc1ccc([C@@H]2CCc3cc(O)ccc3C2)c(N(CCO)Cc2ccc(CC(C)(C)N(C)C)cc2)c1. The monoisotopic (exact) mass is 502 g/mol. The van der Waals surface area contributed by atoms with Crippen LogP contribution >= 0.6 is 0 Å². The number of methoxy groups -OCH3 is 1. The normalized spacial score (nSPS) is 15.5. The van der Waals surface area contributed by atoms with Gasteiger partial charge < -0.3 is 24.7 Å². The minimum Gasteiger partial charge on any atom is -0.508 e. The van der Waals surface area contributed by atoms with Gasteiger partial charge >= 0.3 is 0 Å². The fourth-order valence-electron chi connectivity index (χ4n) is 5.32. The Labute approximate surface area is 222 Å². The van der Waals surface area contributed by atoms with Gasteiger partial charge in [-0.15, -0.1) is 0 Å². The molecule has 5 nitrogen and oxygen atoms in total. The lowest BCUT2D eigenvalue weighted by Crippen LogP contribution is -2.40. The lowest BCUT2D eigenvalue weighted by atomic mass is 9.79. The largest absolute Gasteiger partial charge is 0.508 e. The third-order valence-electron chi connectivity index (χ3n) is 8.05. The zero-order valence-electron chi connectivity index (χ0n) is 23.0. The van der Waals surface area contributed by atoms with E-state index < -0.39 is 0 Å². The standard InChI is InChI=1S/C32H42N2O3/c1-32(2,33(3)4)21-23-6-8-24(9-7-23)22-34(16-17-35)31-20-29(37-5)14-15-30(31)27-11-10-26-19-28(36)13-12-25(26)18-27/h6-9,12-15,19-20,27,35-36H,10-11,16-18,21-22H2,1-5H3/t27-/m1/s1. The third-order valence-corrected chi connectivity index (χ3v) is 8.05. The molecule has 0 saturated heterocycles. The topological polar surface area (TPSA) is 56.2 Å². The molecule has 0 saturated carbocycles. The first-order valence-corrected chi connectivity index (χ1v) is 13.3. The number of aliphatic hydroxyl groups excluding tert-OH is 1. The van der Waals surface area contributed by atoms with Crippen molar-refractivity contribution >= 4 is 5.69 Å². The number of phenolic OH excluding ortho intramolecular Hbond substituents is 1. The Morgan fingerprint density at radius 3 is 2.35 bits per heavy atom. The van der Waals surface area contributed by atoms with Gasteiger partial charge in [-0.1, -0.05) is 36.4 Å². The predicted octanol–water partition coefficient (Wildman–Crippen LogP) is 5.55. The Kier molecular flexibility index (Phi) is 8.46. The predicted molar refractivity (Wildman–Crippen MR) is 152 cm³/mol. The van der Waals surface area contributed by atoms with Crippen LogP contribution in [-0.2, 0) is 25.8 Å². The number of fused-ring (bicyclic) bond motifs is 1. The lowest BCUT2D eigenvalue weighted by Gasteiger charge is -2.33. The number of phenols is 1. The third kappa shape index (κ3) is 6.46. The summed E-state index contributed by atoms with van der Waals surface area (Å²) in [5.74, 6) is 1.53. The molecule has 3 aromatic carbocycles. The number of benzene rings is 3. The number of aromatic hydroxyl groups is 1. The number of anilines is 1. The Balaban J connectivity index is 1.60. The van der Waals surface area contributed by atoms with Crippen molar-refractivity contribution < 1.29 is 14.9 Å². The lowest BCUT2D eigenvalue weighted by molar-refractivity contribution is 0.195. The van der Waals surface area contributed by atoms with Crippen LogP contribution in [0.1, 0.15) is 54.0 Å². The van der Waals surface area contributed by atoms with Gasteiger partial charge in [0.1, 0.15) is 11.5 Å². The second kappa shape index (κ2) is 11.6. The van der Waals surface area contributed by atoms with Crippen molar-refractivity contribution in [1.82, 2.24) is 4.90 Å². The maximum atomic E-state index is 9.98. The molecule has 0 bridgehead atoms. The molecule has 1 aliphatic carbocycles. The van der Waals surface area contributed by atoms with Crippen molar-refractivity contribution in [3.63, 3.8) is 0 Å². The van der Waals surface area contributed by atoms with Crippen LogP contribution in [0, 0.1) is 0 Å². The van der Waals surface area contributed by atoms with E-state index in [-0.39, 0.29) is 12.1 Å². The minimum absolute atomic E-state index is 0.0819. The van der Waals surface area contributed by atoms with E-state index in [9.17, 15) is 10.2 Å². The summed E-state index contributed by atoms with van der Waals surface area (Å²) in [5, 5.41) is 19.9. The maximum Gasteiger partial charge on any atom is 0.120 e. The Hall–Kier alpha value is -3.02. The zero-order chi connectivity index (χ0) is 26.6. The average molecular weight is 503 g/mol. The van der Waals surface area contributed by atoms with Crippen LogP contribution in [0.25, 0.3) is 0 Å². The molecule has 3 aromatic rings. The van der Waals surface area contributed by atoms with Crippen molar-refractivity contribution in [2.24, 2.45) is 0 Å². The highest BCUT2D eigenvalue weighted by molar-refractivity contribution is 5.60. The summed E-state index contributed by atoms with van der Waals surface area (Å²) in [7, 11) is 5.95. The number of rotatable bonds is 10. The Bertz CT molecular complexity index is 1190. The first-order chi connectivity index (χ1) is 17.7. The Morgan fingerprint density at radius 2 is 1.68 bits per heavy atom. The van der Waals surface area contributed by atoms with Crippen LogP contribution in [0.3, 0.4) is 0 Å². The van der Waals surface area contributed by atoms with E-state index >= 15 is 0 Å². The molecule has 0 aliphatic heterocycles. The molecule has 0 unspecified atom stereocenters. The van der Waals surface area contributed by atoms with Crippen molar-refractivity contribution in [2.75, 3.05) is 39.3 Å². The van der Waals surface area contributed by atoms with E-state index in [2.05, 4.69) is 80.2 Å². The van der Waals surface area contributed by atoms with E-state index in [4.69, 9.17) is 4.74 Å². The van der Waals surface area contributed by atoms with Gasteiger partial charge in [0.25, 0.3) is 0 Å². The van der Waals surface area contributed by atoms with Crippen LogP contribution in [-0.4, -0.2) is 55.0 Å². The van der Waals surface area contributed by atoms with Crippen LogP contribution in [0.15, 0.2) is 60.7 Å². The van der Waals surface area contributed by atoms with Gasteiger partial charge in [0, 0.05) is 30.4 Å². The molecule has 0 spiro atoms. The van der Waals surface area contributed by atoms with E-state index in [1.165, 1.54) is 27.8 Å². The molecular weight excluding hydrogens is 460 g/mol. The summed E-state index contributed by atoms with van der Waals surface area (Å²) in [6, 6.07) is 21.0.